The third-order valence-electron chi connectivity index (χ3n) is 3.75. The average Bonchev–Trinajstić information content (AvgIpc) is 2.86. The zero-order valence-corrected chi connectivity index (χ0v) is 9.85. The molecule has 0 aromatic carbocycles. The number of pyridine rings is 1. The van der Waals surface area contributed by atoms with E-state index in [9.17, 15) is 14.7 Å². The van der Waals surface area contributed by atoms with Crippen LogP contribution in [0.3, 0.4) is 0 Å². The summed E-state index contributed by atoms with van der Waals surface area (Å²) < 4.78 is 0. The molecule has 0 aliphatic carbocycles. The lowest BCUT2D eigenvalue weighted by Crippen LogP contribution is -2.32. The molecule has 0 bridgehead atoms. The Morgan fingerprint density at radius 2 is 1.94 bits per heavy atom. The summed E-state index contributed by atoms with van der Waals surface area (Å²) in [7, 11) is 0. The zero-order valence-electron chi connectivity index (χ0n) is 9.85. The van der Waals surface area contributed by atoms with E-state index in [1.54, 1.807) is 4.90 Å². The molecule has 0 saturated carbocycles. The van der Waals surface area contributed by atoms with Crippen LogP contribution < -0.4 is 10.9 Å². The second kappa shape index (κ2) is 4.13. The Balaban J connectivity index is 1.81. The lowest BCUT2D eigenvalue weighted by Gasteiger charge is -2.17. The van der Waals surface area contributed by atoms with E-state index in [1.807, 2.05) is 0 Å². The highest BCUT2D eigenvalue weighted by molar-refractivity contribution is 5.94. The van der Waals surface area contributed by atoms with Crippen molar-refractivity contribution >= 4 is 5.91 Å². The molecule has 18 heavy (non-hydrogen) atoms. The Kier molecular flexibility index (Phi) is 2.59. The Hall–Kier alpha value is -1.82. The van der Waals surface area contributed by atoms with E-state index in [0.717, 1.165) is 26.2 Å². The predicted octanol–water partition coefficient (Wildman–Crippen LogP) is -0.628. The fourth-order valence-electron chi connectivity index (χ4n) is 2.86. The van der Waals surface area contributed by atoms with Crippen LogP contribution in [-0.2, 0) is 0 Å². The fourth-order valence-corrected chi connectivity index (χ4v) is 2.86. The molecule has 2 unspecified atom stereocenters. The number of amides is 1. The van der Waals surface area contributed by atoms with E-state index in [1.165, 1.54) is 12.1 Å². The molecule has 6 heteroatoms. The van der Waals surface area contributed by atoms with Gasteiger partial charge in [0.2, 0.25) is 0 Å². The number of likely N-dealkylation sites (tertiary alicyclic amines) is 1. The molecule has 0 radical (unpaired) electrons. The van der Waals surface area contributed by atoms with Gasteiger partial charge in [-0.25, -0.2) is 0 Å². The Labute approximate surface area is 104 Å². The quantitative estimate of drug-likeness (QED) is 0.618. The number of H-pyrrole nitrogens is 1. The molecule has 2 saturated heterocycles. The first-order valence-electron chi connectivity index (χ1n) is 6.07. The number of aromatic hydroxyl groups is 1. The van der Waals surface area contributed by atoms with E-state index >= 15 is 0 Å². The minimum Gasteiger partial charge on any atom is -0.494 e. The largest absolute Gasteiger partial charge is 0.494 e. The molecule has 2 aliphatic heterocycles. The minimum absolute atomic E-state index is 0.175. The van der Waals surface area contributed by atoms with Crippen LogP contribution in [-0.4, -0.2) is 47.1 Å². The summed E-state index contributed by atoms with van der Waals surface area (Å²) in [4.78, 5) is 27.4. The summed E-state index contributed by atoms with van der Waals surface area (Å²) in [6.45, 7) is 3.36. The Morgan fingerprint density at radius 3 is 2.56 bits per heavy atom. The second-order valence-corrected chi connectivity index (χ2v) is 5.01. The van der Waals surface area contributed by atoms with Gasteiger partial charge in [-0.3, -0.25) is 14.6 Å². The van der Waals surface area contributed by atoms with E-state index in [2.05, 4.69) is 10.3 Å². The highest BCUT2D eigenvalue weighted by Crippen LogP contribution is 2.27. The number of carbonyl (C=O) groups is 1. The average molecular weight is 249 g/mol. The van der Waals surface area contributed by atoms with Gasteiger partial charge in [0.05, 0.1) is 5.56 Å². The predicted molar refractivity (Wildman–Crippen MR) is 64.5 cm³/mol. The van der Waals surface area contributed by atoms with Crippen LogP contribution in [0.1, 0.15) is 10.4 Å². The zero-order chi connectivity index (χ0) is 12.7. The third-order valence-corrected chi connectivity index (χ3v) is 3.75. The molecule has 1 amide bonds. The van der Waals surface area contributed by atoms with Crippen LogP contribution in [0.2, 0.25) is 0 Å². The lowest BCUT2D eigenvalue weighted by atomic mass is 10.0. The molecule has 2 fully saturated rings. The number of carbonyl (C=O) groups excluding carboxylic acids is 1. The molecule has 3 rings (SSSR count). The van der Waals surface area contributed by atoms with Crippen molar-refractivity contribution in [1.82, 2.24) is 15.2 Å². The summed E-state index contributed by atoms with van der Waals surface area (Å²) in [5.74, 6) is 0.590. The second-order valence-electron chi connectivity index (χ2n) is 5.01. The van der Waals surface area contributed by atoms with Gasteiger partial charge in [0.25, 0.3) is 11.5 Å². The van der Waals surface area contributed by atoms with Gasteiger partial charge >= 0.3 is 0 Å². The van der Waals surface area contributed by atoms with Crippen LogP contribution in [0.4, 0.5) is 0 Å². The summed E-state index contributed by atoms with van der Waals surface area (Å²) >= 11 is 0. The third kappa shape index (κ3) is 1.88. The van der Waals surface area contributed by atoms with Crippen molar-refractivity contribution in [1.29, 1.82) is 0 Å². The van der Waals surface area contributed by atoms with E-state index in [4.69, 9.17) is 0 Å². The number of rotatable bonds is 1. The first kappa shape index (κ1) is 11.3. The highest BCUT2D eigenvalue weighted by atomic mass is 16.3. The van der Waals surface area contributed by atoms with Crippen LogP contribution in [0, 0.1) is 11.8 Å². The number of aromatic nitrogens is 1. The van der Waals surface area contributed by atoms with Gasteiger partial charge in [0.15, 0.2) is 5.88 Å². The molecule has 2 aliphatic rings. The van der Waals surface area contributed by atoms with Crippen LogP contribution in [0.15, 0.2) is 16.9 Å². The van der Waals surface area contributed by atoms with Gasteiger partial charge in [-0.15, -0.1) is 0 Å². The topological polar surface area (TPSA) is 85.4 Å². The molecule has 96 valence electrons. The fraction of sp³-hybridized carbons (Fsp3) is 0.500. The normalized spacial score (nSPS) is 26.3. The monoisotopic (exact) mass is 249 g/mol. The van der Waals surface area contributed by atoms with Crippen LogP contribution in [0.5, 0.6) is 5.88 Å². The summed E-state index contributed by atoms with van der Waals surface area (Å²) in [6.07, 6.45) is 0. The van der Waals surface area contributed by atoms with Crippen molar-refractivity contribution < 1.29 is 9.90 Å². The maximum absolute atomic E-state index is 12.2. The molecule has 3 N–H and O–H groups in total. The van der Waals surface area contributed by atoms with Gasteiger partial charge in [0, 0.05) is 38.3 Å². The number of fused-ring (bicyclic) bond motifs is 1. The molecule has 3 heterocycles. The maximum atomic E-state index is 12.2. The van der Waals surface area contributed by atoms with Crippen molar-refractivity contribution in [2.24, 2.45) is 11.8 Å². The van der Waals surface area contributed by atoms with Gasteiger partial charge < -0.3 is 15.3 Å². The molecule has 0 spiro atoms. The Morgan fingerprint density at radius 1 is 1.28 bits per heavy atom. The minimum atomic E-state index is -0.459. The van der Waals surface area contributed by atoms with Crippen molar-refractivity contribution in [2.45, 2.75) is 0 Å². The number of nitrogens with zero attached hydrogens (tertiary/aromatic N) is 1. The van der Waals surface area contributed by atoms with Gasteiger partial charge in [-0.05, 0) is 11.8 Å². The smallest absolute Gasteiger partial charge is 0.254 e. The highest BCUT2D eigenvalue weighted by Gasteiger charge is 2.38. The molecule has 1 aromatic rings. The van der Waals surface area contributed by atoms with E-state index in [0.29, 0.717) is 11.8 Å². The van der Waals surface area contributed by atoms with Crippen molar-refractivity contribution in [3.63, 3.8) is 0 Å². The standard InChI is InChI=1S/C12H15N3O3/c16-10-1-7(2-11(17)14-10)12(18)15-5-8-3-13-4-9(8)6-15/h1-2,8-9,13H,3-6H2,(H2,14,16,17). The summed E-state index contributed by atoms with van der Waals surface area (Å²) in [6, 6.07) is 2.53. The van der Waals surface area contributed by atoms with Crippen molar-refractivity contribution in [2.75, 3.05) is 26.2 Å². The number of nitrogens with one attached hydrogen (secondary N) is 2. The summed E-state index contributed by atoms with van der Waals surface area (Å²) in [5.41, 5.74) is -0.205. The van der Waals surface area contributed by atoms with E-state index < -0.39 is 5.56 Å². The SMILES string of the molecule is O=C(c1cc(O)[nH]c(=O)c1)N1CC2CNCC2C1. The molecule has 1 aromatic heterocycles. The molecule has 6 nitrogen and oxygen atoms in total. The van der Waals surface area contributed by atoms with Gasteiger partial charge in [-0.1, -0.05) is 0 Å². The van der Waals surface area contributed by atoms with Crippen LogP contribution in [0.25, 0.3) is 0 Å². The Bertz CT molecular complexity index is 528. The first-order chi connectivity index (χ1) is 8.63. The number of hydrogen-bond acceptors (Lipinski definition) is 4. The van der Waals surface area contributed by atoms with E-state index in [-0.39, 0.29) is 17.4 Å². The molecular formula is C12H15N3O3. The lowest BCUT2D eigenvalue weighted by molar-refractivity contribution is 0.0781. The molecular weight excluding hydrogens is 234 g/mol. The first-order valence-corrected chi connectivity index (χ1v) is 6.07. The molecule has 2 atom stereocenters. The van der Waals surface area contributed by atoms with Gasteiger partial charge in [0.1, 0.15) is 0 Å². The van der Waals surface area contributed by atoms with Crippen molar-refractivity contribution in [3.05, 3.63) is 28.0 Å². The summed E-state index contributed by atoms with van der Waals surface area (Å²) in [5, 5.41) is 12.6. The maximum Gasteiger partial charge on any atom is 0.254 e. The van der Waals surface area contributed by atoms with Gasteiger partial charge in [-0.2, -0.15) is 0 Å². The van der Waals surface area contributed by atoms with Crippen molar-refractivity contribution in [3.8, 4) is 5.88 Å². The van der Waals surface area contributed by atoms with Crippen LogP contribution >= 0.6 is 0 Å². The number of hydrogen-bond donors (Lipinski definition) is 3. The number of aromatic amines is 1.